The van der Waals surface area contributed by atoms with Crippen molar-refractivity contribution in [3.05, 3.63) is 117 Å². The van der Waals surface area contributed by atoms with Gasteiger partial charge in [-0.2, -0.15) is 0 Å². The van der Waals surface area contributed by atoms with Gasteiger partial charge in [0.1, 0.15) is 5.75 Å². The van der Waals surface area contributed by atoms with Gasteiger partial charge in [0, 0.05) is 41.7 Å². The van der Waals surface area contributed by atoms with E-state index in [0.29, 0.717) is 31.7 Å². The topological polar surface area (TPSA) is 88.9 Å². The number of methoxy groups -OCH3 is 1. The minimum absolute atomic E-state index is 0.0869. The number of aromatic nitrogens is 5. The second kappa shape index (κ2) is 11.4. The van der Waals surface area contributed by atoms with Crippen LogP contribution in [0.4, 0.5) is 0 Å². The molecule has 0 spiro atoms. The molecular formula is C30H32N6O2. The molecule has 3 aromatic carbocycles. The smallest absolute Gasteiger partial charge is 0.252 e. The average Bonchev–Trinajstić information content (AvgIpc) is 3.36. The lowest BCUT2D eigenvalue weighted by atomic mass is 10.0. The summed E-state index contributed by atoms with van der Waals surface area (Å²) in [6, 6.07) is 24.4. The van der Waals surface area contributed by atoms with Gasteiger partial charge in [-0.3, -0.25) is 9.69 Å². The number of benzene rings is 3. The summed E-state index contributed by atoms with van der Waals surface area (Å²) in [6.07, 6.45) is 0.828. The molecular weight excluding hydrogens is 476 g/mol. The molecule has 0 amide bonds. The fourth-order valence-electron chi connectivity index (χ4n) is 4.91. The zero-order valence-electron chi connectivity index (χ0n) is 22.0. The van der Waals surface area contributed by atoms with Crippen LogP contribution < -0.4 is 10.3 Å². The average molecular weight is 509 g/mol. The molecule has 5 rings (SSSR count). The van der Waals surface area contributed by atoms with Gasteiger partial charge in [0.15, 0.2) is 5.82 Å². The van der Waals surface area contributed by atoms with Crippen LogP contribution in [0.1, 0.15) is 33.6 Å². The molecule has 0 fully saturated rings. The molecule has 8 nitrogen and oxygen atoms in total. The van der Waals surface area contributed by atoms with E-state index in [4.69, 9.17) is 4.74 Å². The van der Waals surface area contributed by atoms with Gasteiger partial charge in [0.05, 0.1) is 13.7 Å². The van der Waals surface area contributed by atoms with Crippen LogP contribution in [-0.4, -0.2) is 37.2 Å². The van der Waals surface area contributed by atoms with E-state index in [1.54, 1.807) is 7.11 Å². The number of para-hydroxylation sites is 1. The molecule has 0 aliphatic carbocycles. The van der Waals surface area contributed by atoms with Crippen LogP contribution in [0.2, 0.25) is 0 Å². The first kappa shape index (κ1) is 25.4. The lowest BCUT2D eigenvalue weighted by Crippen LogP contribution is -2.28. The number of aryl methyl sites for hydroxylation is 4. The molecule has 5 aromatic rings. The number of rotatable bonds is 10. The van der Waals surface area contributed by atoms with Crippen molar-refractivity contribution in [1.82, 2.24) is 30.1 Å². The molecule has 2 aromatic heterocycles. The van der Waals surface area contributed by atoms with Crippen LogP contribution in [0, 0.1) is 13.8 Å². The highest BCUT2D eigenvalue weighted by Crippen LogP contribution is 2.23. The Labute approximate surface area is 221 Å². The van der Waals surface area contributed by atoms with Crippen molar-refractivity contribution in [2.75, 3.05) is 7.11 Å². The fourth-order valence-corrected chi connectivity index (χ4v) is 4.91. The Morgan fingerprint density at radius 3 is 2.50 bits per heavy atom. The number of nitrogens with zero attached hydrogens (tertiary/aromatic N) is 5. The molecule has 0 radical (unpaired) electrons. The van der Waals surface area contributed by atoms with Crippen LogP contribution in [0.15, 0.2) is 77.6 Å². The molecule has 8 heteroatoms. The lowest BCUT2D eigenvalue weighted by molar-refractivity contribution is 0.231. The summed E-state index contributed by atoms with van der Waals surface area (Å²) in [7, 11) is 1.67. The third-order valence-electron chi connectivity index (χ3n) is 6.80. The second-order valence-electron chi connectivity index (χ2n) is 9.68. The number of aromatic amines is 1. The highest BCUT2D eigenvalue weighted by Gasteiger charge is 2.18. The maximum Gasteiger partial charge on any atom is 0.252 e. The second-order valence-corrected chi connectivity index (χ2v) is 9.68. The summed E-state index contributed by atoms with van der Waals surface area (Å²) in [5, 5.41) is 13.6. The van der Waals surface area contributed by atoms with Crippen molar-refractivity contribution >= 4 is 10.9 Å². The quantitative estimate of drug-likeness (QED) is 0.297. The molecule has 0 aliphatic heterocycles. The van der Waals surface area contributed by atoms with Crippen molar-refractivity contribution in [3.8, 4) is 5.75 Å². The van der Waals surface area contributed by atoms with E-state index in [-0.39, 0.29) is 5.56 Å². The summed E-state index contributed by atoms with van der Waals surface area (Å²) in [4.78, 5) is 18.4. The number of ether oxygens (including phenoxy) is 1. The zero-order valence-corrected chi connectivity index (χ0v) is 22.0. The minimum Gasteiger partial charge on any atom is -0.496 e. The summed E-state index contributed by atoms with van der Waals surface area (Å²) >= 11 is 0. The molecule has 0 saturated carbocycles. The Hall–Kier alpha value is -4.30. The van der Waals surface area contributed by atoms with Crippen molar-refractivity contribution in [1.29, 1.82) is 0 Å². The van der Waals surface area contributed by atoms with Gasteiger partial charge >= 0.3 is 0 Å². The first-order chi connectivity index (χ1) is 18.5. The molecule has 38 heavy (non-hydrogen) atoms. The maximum absolute atomic E-state index is 13.1. The molecule has 0 aliphatic rings. The Bertz CT molecular complexity index is 1590. The summed E-state index contributed by atoms with van der Waals surface area (Å²) in [6.45, 7) is 6.26. The van der Waals surface area contributed by atoms with Gasteiger partial charge < -0.3 is 9.72 Å². The molecule has 194 valence electrons. The third kappa shape index (κ3) is 5.81. The number of pyridine rings is 1. The van der Waals surface area contributed by atoms with Gasteiger partial charge in [-0.05, 0) is 65.6 Å². The third-order valence-corrected chi connectivity index (χ3v) is 6.80. The monoisotopic (exact) mass is 508 g/mol. The molecule has 0 unspecified atom stereocenters. The normalized spacial score (nSPS) is 11.4. The number of fused-ring (bicyclic) bond motifs is 1. The number of tetrazole rings is 1. The van der Waals surface area contributed by atoms with Gasteiger partial charge in [-0.25, -0.2) is 4.68 Å². The predicted octanol–water partition coefficient (Wildman–Crippen LogP) is 4.59. The first-order valence-electron chi connectivity index (χ1n) is 12.8. The van der Waals surface area contributed by atoms with Gasteiger partial charge in [0.25, 0.3) is 5.56 Å². The highest BCUT2D eigenvalue weighted by atomic mass is 16.5. The van der Waals surface area contributed by atoms with Crippen LogP contribution in [-0.2, 0) is 32.6 Å². The number of hydrogen-bond donors (Lipinski definition) is 1. The maximum atomic E-state index is 13.1. The Morgan fingerprint density at radius 2 is 1.68 bits per heavy atom. The summed E-state index contributed by atoms with van der Waals surface area (Å²) in [5.74, 6) is 1.56. The fraction of sp³-hybridized carbons (Fsp3) is 0.267. The molecule has 0 atom stereocenters. The molecule has 0 bridgehead atoms. The number of nitrogens with one attached hydrogen (secondary N) is 1. The summed E-state index contributed by atoms with van der Waals surface area (Å²) in [5.41, 5.74) is 5.99. The van der Waals surface area contributed by atoms with E-state index in [9.17, 15) is 4.79 Å². The zero-order chi connectivity index (χ0) is 26.5. The first-order valence-corrected chi connectivity index (χ1v) is 12.8. The summed E-state index contributed by atoms with van der Waals surface area (Å²) < 4.78 is 7.46. The van der Waals surface area contributed by atoms with E-state index in [1.807, 2.05) is 66.2 Å². The lowest BCUT2D eigenvalue weighted by Gasteiger charge is -2.23. The predicted molar refractivity (Wildman–Crippen MR) is 148 cm³/mol. The highest BCUT2D eigenvalue weighted by molar-refractivity contribution is 5.83. The van der Waals surface area contributed by atoms with Gasteiger partial charge in [0.2, 0.25) is 0 Å². The van der Waals surface area contributed by atoms with Gasteiger partial charge in [-0.15, -0.1) is 5.10 Å². The van der Waals surface area contributed by atoms with Crippen LogP contribution in [0.3, 0.4) is 0 Å². The Morgan fingerprint density at radius 1 is 0.921 bits per heavy atom. The van der Waals surface area contributed by atoms with Gasteiger partial charge in [-0.1, -0.05) is 54.6 Å². The Balaban J connectivity index is 1.44. The van der Waals surface area contributed by atoms with Crippen molar-refractivity contribution in [2.45, 2.75) is 46.4 Å². The minimum atomic E-state index is -0.0869. The molecule has 2 heterocycles. The van der Waals surface area contributed by atoms with Crippen molar-refractivity contribution < 1.29 is 4.74 Å². The van der Waals surface area contributed by atoms with E-state index in [1.165, 1.54) is 5.56 Å². The van der Waals surface area contributed by atoms with Crippen LogP contribution in [0.5, 0.6) is 5.75 Å². The number of hydrogen-bond acceptors (Lipinski definition) is 6. The molecule has 1 N–H and O–H groups in total. The van der Waals surface area contributed by atoms with E-state index < -0.39 is 0 Å². The van der Waals surface area contributed by atoms with Crippen LogP contribution in [0.25, 0.3) is 10.9 Å². The van der Waals surface area contributed by atoms with E-state index in [2.05, 4.69) is 50.5 Å². The largest absolute Gasteiger partial charge is 0.496 e. The molecule has 0 saturated heterocycles. The standard InChI is InChI=1S/C30H32N6O2/c1-21-15-22(2)26-17-25(30(37)31-27(26)16-21)19-35(18-24-11-7-8-12-28(24)38-3)20-29-32-33-34-36(29)14-13-23-9-5-4-6-10-23/h4-12,15-17H,13-14,18-20H2,1-3H3,(H,31,37). The Kier molecular flexibility index (Phi) is 7.60. The SMILES string of the molecule is COc1ccccc1CN(Cc1cc2c(C)cc(C)cc2[nH]c1=O)Cc1nnnn1CCc1ccccc1. The number of H-pyrrole nitrogens is 1. The van der Waals surface area contributed by atoms with E-state index in [0.717, 1.165) is 45.6 Å². The van der Waals surface area contributed by atoms with Crippen LogP contribution >= 0.6 is 0 Å². The van der Waals surface area contributed by atoms with Crippen molar-refractivity contribution in [2.24, 2.45) is 0 Å². The van der Waals surface area contributed by atoms with E-state index >= 15 is 0 Å². The van der Waals surface area contributed by atoms with Crippen molar-refractivity contribution in [3.63, 3.8) is 0 Å².